The highest BCUT2D eigenvalue weighted by Gasteiger charge is 2.18. The summed E-state index contributed by atoms with van der Waals surface area (Å²) in [4.78, 5) is 4.16. The first kappa shape index (κ1) is 8.48. The van der Waals surface area contributed by atoms with Crippen molar-refractivity contribution in [2.24, 2.45) is 0 Å². The molecule has 0 radical (unpaired) electrons. The van der Waals surface area contributed by atoms with E-state index in [1.54, 1.807) is 0 Å². The lowest BCUT2D eigenvalue weighted by atomic mass is 10.0. The second-order valence-corrected chi connectivity index (χ2v) is 3.61. The third kappa shape index (κ3) is 1.64. The molecule has 1 aromatic rings. The number of halogens is 1. The van der Waals surface area contributed by atoms with Crippen molar-refractivity contribution in [2.45, 2.75) is 31.6 Å². The van der Waals surface area contributed by atoms with Crippen molar-refractivity contribution in [1.82, 2.24) is 4.98 Å². The van der Waals surface area contributed by atoms with Gasteiger partial charge in [-0.3, -0.25) is 4.98 Å². The Morgan fingerprint density at radius 3 is 2.69 bits per heavy atom. The highest BCUT2D eigenvalue weighted by Crippen LogP contribution is 2.33. The van der Waals surface area contributed by atoms with Gasteiger partial charge in [-0.1, -0.05) is 12.8 Å². The molecule has 0 unspecified atom stereocenters. The average Bonchev–Trinajstić information content (AvgIpc) is 2.62. The van der Waals surface area contributed by atoms with Crippen LogP contribution in [0.5, 0.6) is 0 Å². The summed E-state index contributed by atoms with van der Waals surface area (Å²) in [7, 11) is 0. The SMILES string of the molecule is Nc1cnc(C2CCCC2)cc1F. The number of hydrogen-bond donors (Lipinski definition) is 1. The van der Waals surface area contributed by atoms with Crippen molar-refractivity contribution in [1.29, 1.82) is 0 Å². The van der Waals surface area contributed by atoms with E-state index in [0.717, 1.165) is 18.5 Å². The monoisotopic (exact) mass is 180 g/mol. The molecule has 3 heteroatoms. The van der Waals surface area contributed by atoms with Gasteiger partial charge in [0.15, 0.2) is 0 Å². The van der Waals surface area contributed by atoms with Gasteiger partial charge >= 0.3 is 0 Å². The molecule has 0 saturated heterocycles. The van der Waals surface area contributed by atoms with Gasteiger partial charge in [-0.25, -0.2) is 4.39 Å². The third-order valence-electron chi connectivity index (χ3n) is 2.68. The predicted octanol–water partition coefficient (Wildman–Crippen LogP) is 2.46. The van der Waals surface area contributed by atoms with Crippen LogP contribution in [-0.4, -0.2) is 4.98 Å². The van der Waals surface area contributed by atoms with E-state index in [-0.39, 0.29) is 11.5 Å². The number of pyridine rings is 1. The van der Waals surface area contributed by atoms with E-state index >= 15 is 0 Å². The fourth-order valence-corrected chi connectivity index (χ4v) is 1.90. The Bertz CT molecular complexity index is 306. The van der Waals surface area contributed by atoms with Crippen LogP contribution in [0.4, 0.5) is 10.1 Å². The molecule has 0 aromatic carbocycles. The maximum Gasteiger partial charge on any atom is 0.149 e. The Morgan fingerprint density at radius 1 is 1.38 bits per heavy atom. The molecule has 0 aliphatic heterocycles. The van der Waals surface area contributed by atoms with Crippen LogP contribution in [0.15, 0.2) is 12.3 Å². The van der Waals surface area contributed by atoms with Crippen LogP contribution in [-0.2, 0) is 0 Å². The fourth-order valence-electron chi connectivity index (χ4n) is 1.90. The fraction of sp³-hybridized carbons (Fsp3) is 0.500. The quantitative estimate of drug-likeness (QED) is 0.721. The smallest absolute Gasteiger partial charge is 0.149 e. The van der Waals surface area contributed by atoms with E-state index in [9.17, 15) is 4.39 Å². The lowest BCUT2D eigenvalue weighted by molar-refractivity contribution is 0.615. The van der Waals surface area contributed by atoms with E-state index in [2.05, 4.69) is 4.98 Å². The van der Waals surface area contributed by atoms with Crippen LogP contribution in [0.3, 0.4) is 0 Å². The number of nitrogens with zero attached hydrogens (tertiary/aromatic N) is 1. The lowest BCUT2D eigenvalue weighted by Gasteiger charge is -2.08. The summed E-state index contributed by atoms with van der Waals surface area (Å²) in [5, 5.41) is 0. The molecule has 1 fully saturated rings. The molecule has 1 aliphatic carbocycles. The van der Waals surface area contributed by atoms with E-state index in [1.165, 1.54) is 25.1 Å². The standard InChI is InChI=1S/C10H13FN2/c11-8-5-10(13-6-9(8)12)7-3-1-2-4-7/h5-7H,1-4,12H2. The molecule has 0 spiro atoms. The number of nitrogens with two attached hydrogens (primary N) is 1. The lowest BCUT2D eigenvalue weighted by Crippen LogP contribution is -2.00. The first-order chi connectivity index (χ1) is 6.27. The van der Waals surface area contributed by atoms with Gasteiger partial charge in [-0.15, -0.1) is 0 Å². The highest BCUT2D eigenvalue weighted by atomic mass is 19.1. The summed E-state index contributed by atoms with van der Waals surface area (Å²) in [5.41, 5.74) is 6.36. The van der Waals surface area contributed by atoms with Crippen LogP contribution < -0.4 is 5.73 Å². The third-order valence-corrected chi connectivity index (χ3v) is 2.68. The molecule has 13 heavy (non-hydrogen) atoms. The largest absolute Gasteiger partial charge is 0.395 e. The molecule has 2 rings (SSSR count). The van der Waals surface area contributed by atoms with Crippen LogP contribution in [0, 0.1) is 5.82 Å². The molecule has 2 N–H and O–H groups in total. The predicted molar refractivity (Wildman–Crippen MR) is 49.8 cm³/mol. The Labute approximate surface area is 77.0 Å². The molecular weight excluding hydrogens is 167 g/mol. The van der Waals surface area contributed by atoms with Crippen LogP contribution in [0.25, 0.3) is 0 Å². The van der Waals surface area contributed by atoms with Crippen LogP contribution in [0.1, 0.15) is 37.3 Å². The second kappa shape index (κ2) is 3.32. The zero-order valence-electron chi connectivity index (χ0n) is 7.46. The van der Waals surface area contributed by atoms with Gasteiger partial charge < -0.3 is 5.73 Å². The van der Waals surface area contributed by atoms with Crippen molar-refractivity contribution < 1.29 is 4.39 Å². The summed E-state index contributed by atoms with van der Waals surface area (Å²) < 4.78 is 13.1. The number of aromatic nitrogens is 1. The van der Waals surface area contributed by atoms with Gasteiger partial charge in [0.1, 0.15) is 5.82 Å². The number of rotatable bonds is 1. The minimum atomic E-state index is -0.336. The highest BCUT2D eigenvalue weighted by molar-refractivity contribution is 5.37. The van der Waals surface area contributed by atoms with E-state index in [0.29, 0.717) is 5.92 Å². The second-order valence-electron chi connectivity index (χ2n) is 3.61. The molecular formula is C10H13FN2. The van der Waals surface area contributed by atoms with Crippen molar-refractivity contribution in [2.75, 3.05) is 5.73 Å². The molecule has 70 valence electrons. The van der Waals surface area contributed by atoms with E-state index in [1.807, 2.05) is 0 Å². The molecule has 1 aromatic heterocycles. The maximum absolute atomic E-state index is 13.1. The first-order valence-corrected chi connectivity index (χ1v) is 4.68. The van der Waals surface area contributed by atoms with Gasteiger partial charge in [0.25, 0.3) is 0 Å². The summed E-state index contributed by atoms with van der Waals surface area (Å²) >= 11 is 0. The van der Waals surface area contributed by atoms with Crippen LogP contribution >= 0.6 is 0 Å². The molecule has 1 aliphatic rings. The Balaban J connectivity index is 2.25. The summed E-state index contributed by atoms with van der Waals surface area (Å²) in [6.07, 6.45) is 6.16. The van der Waals surface area contributed by atoms with Gasteiger partial charge in [-0.2, -0.15) is 0 Å². The molecule has 0 atom stereocenters. The van der Waals surface area contributed by atoms with Crippen molar-refractivity contribution in [3.8, 4) is 0 Å². The normalized spacial score (nSPS) is 17.9. The summed E-state index contributed by atoms with van der Waals surface area (Å²) in [6, 6.07) is 1.48. The Morgan fingerprint density at radius 2 is 2.08 bits per heavy atom. The summed E-state index contributed by atoms with van der Waals surface area (Å²) in [6.45, 7) is 0. The van der Waals surface area contributed by atoms with Crippen molar-refractivity contribution in [3.05, 3.63) is 23.8 Å². The van der Waals surface area contributed by atoms with E-state index < -0.39 is 0 Å². The average molecular weight is 180 g/mol. The Hall–Kier alpha value is -1.12. The van der Waals surface area contributed by atoms with E-state index in [4.69, 9.17) is 5.73 Å². The molecule has 0 amide bonds. The minimum absolute atomic E-state index is 0.141. The number of hydrogen-bond acceptors (Lipinski definition) is 2. The zero-order chi connectivity index (χ0) is 9.26. The minimum Gasteiger partial charge on any atom is -0.395 e. The summed E-state index contributed by atoms with van der Waals surface area (Å²) in [5.74, 6) is 0.118. The van der Waals surface area contributed by atoms with Crippen molar-refractivity contribution in [3.63, 3.8) is 0 Å². The van der Waals surface area contributed by atoms with Crippen LogP contribution in [0.2, 0.25) is 0 Å². The topological polar surface area (TPSA) is 38.9 Å². The van der Waals surface area contributed by atoms with Gasteiger partial charge in [0.05, 0.1) is 11.9 Å². The molecule has 2 nitrogen and oxygen atoms in total. The Kier molecular flexibility index (Phi) is 2.17. The maximum atomic E-state index is 13.1. The molecule has 1 saturated carbocycles. The molecule has 0 bridgehead atoms. The van der Waals surface area contributed by atoms with Gasteiger partial charge in [-0.05, 0) is 18.9 Å². The molecule has 1 heterocycles. The zero-order valence-corrected chi connectivity index (χ0v) is 7.46. The number of nitrogen functional groups attached to an aromatic ring is 1. The van der Waals surface area contributed by atoms with Gasteiger partial charge in [0.2, 0.25) is 0 Å². The van der Waals surface area contributed by atoms with Gasteiger partial charge in [0, 0.05) is 11.6 Å². The number of anilines is 1. The first-order valence-electron chi connectivity index (χ1n) is 4.68. The van der Waals surface area contributed by atoms with Crippen molar-refractivity contribution >= 4 is 5.69 Å².